The third-order valence-corrected chi connectivity index (χ3v) is 9.23. The predicted octanol–water partition coefficient (Wildman–Crippen LogP) is 2.23. The SMILES string of the molecule is C=CCN(C(=O)C1N(CCO)C(=O)[C@@H]2[C@H](C(=O)OCC)[C@]3(C)CCC12S3)C(C)CCC. The van der Waals surface area contributed by atoms with Gasteiger partial charge in [-0.1, -0.05) is 19.4 Å². The molecule has 3 saturated heterocycles. The van der Waals surface area contributed by atoms with E-state index in [1.165, 1.54) is 4.90 Å². The Labute approximate surface area is 189 Å². The number of β-amino-alcohol motifs (C(OH)–C–C–N with tert-alkyl or cyclic N) is 1. The second-order valence-corrected chi connectivity index (χ2v) is 11.0. The number of esters is 1. The number of fused-ring (bicyclic) bond motifs is 1. The van der Waals surface area contributed by atoms with Crippen LogP contribution in [0.2, 0.25) is 0 Å². The largest absolute Gasteiger partial charge is 0.466 e. The van der Waals surface area contributed by atoms with Gasteiger partial charge in [-0.2, -0.15) is 0 Å². The van der Waals surface area contributed by atoms with E-state index < -0.39 is 27.4 Å². The van der Waals surface area contributed by atoms with Gasteiger partial charge in [-0.25, -0.2) is 0 Å². The quantitative estimate of drug-likeness (QED) is 0.404. The van der Waals surface area contributed by atoms with Gasteiger partial charge in [0.15, 0.2) is 0 Å². The molecule has 3 rings (SSSR count). The molecular weight excluding hydrogens is 416 g/mol. The molecule has 0 aromatic heterocycles. The summed E-state index contributed by atoms with van der Waals surface area (Å²) in [6.45, 7) is 12.2. The van der Waals surface area contributed by atoms with Crippen LogP contribution >= 0.6 is 11.8 Å². The Kier molecular flexibility index (Phi) is 7.11. The summed E-state index contributed by atoms with van der Waals surface area (Å²) in [5.41, 5.74) is 0. The Hall–Kier alpha value is -1.54. The molecular formula is C23H36N2O5S. The summed E-state index contributed by atoms with van der Waals surface area (Å²) < 4.78 is 4.28. The Morgan fingerprint density at radius 2 is 2.13 bits per heavy atom. The smallest absolute Gasteiger partial charge is 0.311 e. The Morgan fingerprint density at radius 1 is 1.42 bits per heavy atom. The minimum atomic E-state index is -0.692. The van der Waals surface area contributed by atoms with Gasteiger partial charge in [0.25, 0.3) is 0 Å². The first kappa shape index (κ1) is 24.1. The van der Waals surface area contributed by atoms with Gasteiger partial charge in [-0.15, -0.1) is 18.3 Å². The van der Waals surface area contributed by atoms with Crippen LogP contribution in [0.25, 0.3) is 0 Å². The molecule has 0 radical (unpaired) electrons. The van der Waals surface area contributed by atoms with E-state index in [2.05, 4.69) is 13.5 Å². The van der Waals surface area contributed by atoms with E-state index in [0.717, 1.165) is 19.3 Å². The molecule has 2 bridgehead atoms. The lowest BCUT2D eigenvalue weighted by atomic mass is 9.66. The maximum atomic E-state index is 14.0. The topological polar surface area (TPSA) is 87.2 Å². The number of thioether (sulfide) groups is 1. The number of amides is 2. The third kappa shape index (κ3) is 3.69. The first-order valence-electron chi connectivity index (χ1n) is 11.4. The van der Waals surface area contributed by atoms with Crippen molar-refractivity contribution >= 4 is 29.5 Å². The molecule has 8 heteroatoms. The van der Waals surface area contributed by atoms with E-state index in [9.17, 15) is 19.5 Å². The van der Waals surface area contributed by atoms with Crippen LogP contribution in [-0.4, -0.2) is 80.6 Å². The Balaban J connectivity index is 2.05. The number of aliphatic hydroxyl groups is 1. The molecule has 3 heterocycles. The minimum Gasteiger partial charge on any atom is -0.466 e. The third-order valence-electron chi connectivity index (χ3n) is 7.24. The number of hydrogen-bond donors (Lipinski definition) is 1. The summed E-state index contributed by atoms with van der Waals surface area (Å²) in [4.78, 5) is 43.9. The molecule has 3 unspecified atom stereocenters. The van der Waals surface area contributed by atoms with Crippen LogP contribution in [0.15, 0.2) is 12.7 Å². The zero-order valence-corrected chi connectivity index (χ0v) is 20.0. The summed E-state index contributed by atoms with van der Waals surface area (Å²) in [6.07, 6.45) is 4.97. The van der Waals surface area contributed by atoms with Gasteiger partial charge in [-0.05, 0) is 40.0 Å². The van der Waals surface area contributed by atoms with E-state index >= 15 is 0 Å². The number of ether oxygens (including phenoxy) is 1. The highest BCUT2D eigenvalue weighted by Crippen LogP contribution is 2.71. The van der Waals surface area contributed by atoms with Gasteiger partial charge in [-0.3, -0.25) is 14.4 Å². The highest BCUT2D eigenvalue weighted by atomic mass is 32.2. The maximum Gasteiger partial charge on any atom is 0.311 e. The fraction of sp³-hybridized carbons (Fsp3) is 0.783. The number of rotatable bonds is 10. The summed E-state index contributed by atoms with van der Waals surface area (Å²) in [5, 5.41) is 9.69. The summed E-state index contributed by atoms with van der Waals surface area (Å²) in [7, 11) is 0. The van der Waals surface area contributed by atoms with Crippen molar-refractivity contribution in [1.29, 1.82) is 0 Å². The lowest BCUT2D eigenvalue weighted by molar-refractivity contribution is -0.155. The van der Waals surface area contributed by atoms with Crippen molar-refractivity contribution in [1.82, 2.24) is 9.80 Å². The van der Waals surface area contributed by atoms with Crippen LogP contribution in [0.4, 0.5) is 0 Å². The summed E-state index contributed by atoms with van der Waals surface area (Å²) in [6, 6.07) is -0.681. The fourth-order valence-electron chi connectivity index (χ4n) is 6.00. The van der Waals surface area contributed by atoms with Crippen molar-refractivity contribution < 1.29 is 24.2 Å². The van der Waals surface area contributed by atoms with Crippen molar-refractivity contribution in [3.8, 4) is 0 Å². The van der Waals surface area contributed by atoms with Crippen LogP contribution in [0.5, 0.6) is 0 Å². The molecule has 0 aromatic carbocycles. The molecule has 174 valence electrons. The van der Waals surface area contributed by atoms with Crippen molar-refractivity contribution in [3.05, 3.63) is 12.7 Å². The molecule has 6 atom stereocenters. The first-order chi connectivity index (χ1) is 14.7. The molecule has 2 amide bonds. The molecule has 0 aliphatic carbocycles. The number of likely N-dealkylation sites (tertiary alicyclic amines) is 1. The average Bonchev–Trinajstić information content (AvgIpc) is 3.28. The second-order valence-electron chi connectivity index (χ2n) is 9.15. The first-order valence-corrected chi connectivity index (χ1v) is 12.2. The Morgan fingerprint density at radius 3 is 2.71 bits per heavy atom. The van der Waals surface area contributed by atoms with Gasteiger partial charge < -0.3 is 19.6 Å². The lowest BCUT2D eigenvalue weighted by Gasteiger charge is -2.39. The number of nitrogens with zero attached hydrogens (tertiary/aromatic N) is 2. The fourth-order valence-corrected chi connectivity index (χ4v) is 8.34. The zero-order chi connectivity index (χ0) is 23.0. The molecule has 3 aliphatic heterocycles. The molecule has 31 heavy (non-hydrogen) atoms. The van der Waals surface area contributed by atoms with Gasteiger partial charge in [0, 0.05) is 23.9 Å². The molecule has 1 N–H and O–H groups in total. The van der Waals surface area contributed by atoms with Gasteiger partial charge in [0.1, 0.15) is 6.04 Å². The normalized spacial score (nSPS) is 34.5. The van der Waals surface area contributed by atoms with Crippen molar-refractivity contribution in [2.45, 2.75) is 75.0 Å². The number of aliphatic hydroxyl groups excluding tert-OH is 1. The molecule has 7 nitrogen and oxygen atoms in total. The lowest BCUT2D eigenvalue weighted by Crippen LogP contribution is -2.56. The predicted molar refractivity (Wildman–Crippen MR) is 120 cm³/mol. The van der Waals surface area contributed by atoms with E-state index in [-0.39, 0.29) is 43.6 Å². The van der Waals surface area contributed by atoms with E-state index in [1.807, 2.05) is 18.7 Å². The van der Waals surface area contributed by atoms with E-state index in [1.54, 1.807) is 24.8 Å². The van der Waals surface area contributed by atoms with Crippen LogP contribution in [0, 0.1) is 11.8 Å². The number of carbonyl (C=O) groups excluding carboxylic acids is 3. The van der Waals surface area contributed by atoms with Gasteiger partial charge in [0.2, 0.25) is 11.8 Å². The minimum absolute atomic E-state index is 0.0112. The average molecular weight is 453 g/mol. The summed E-state index contributed by atoms with van der Waals surface area (Å²) in [5.74, 6) is -1.83. The van der Waals surface area contributed by atoms with Crippen LogP contribution in [0.3, 0.4) is 0 Å². The van der Waals surface area contributed by atoms with E-state index in [0.29, 0.717) is 13.0 Å². The van der Waals surface area contributed by atoms with Crippen LogP contribution < -0.4 is 0 Å². The van der Waals surface area contributed by atoms with Crippen LogP contribution in [0.1, 0.15) is 53.4 Å². The zero-order valence-electron chi connectivity index (χ0n) is 19.1. The van der Waals surface area contributed by atoms with Crippen LogP contribution in [-0.2, 0) is 19.1 Å². The number of carbonyl (C=O) groups is 3. The maximum absolute atomic E-state index is 14.0. The molecule has 1 spiro atoms. The summed E-state index contributed by atoms with van der Waals surface area (Å²) >= 11 is 1.63. The van der Waals surface area contributed by atoms with Gasteiger partial charge in [0.05, 0.1) is 29.8 Å². The second kappa shape index (κ2) is 9.14. The van der Waals surface area contributed by atoms with E-state index in [4.69, 9.17) is 4.74 Å². The molecule has 0 saturated carbocycles. The molecule has 3 fully saturated rings. The number of hydrogen-bond acceptors (Lipinski definition) is 6. The molecule has 3 aliphatic rings. The van der Waals surface area contributed by atoms with Crippen molar-refractivity contribution in [2.24, 2.45) is 11.8 Å². The highest BCUT2D eigenvalue weighted by molar-refractivity contribution is 8.02. The Bertz CT molecular complexity index is 745. The van der Waals surface area contributed by atoms with Crippen molar-refractivity contribution in [3.63, 3.8) is 0 Å². The monoisotopic (exact) mass is 452 g/mol. The molecule has 0 aromatic rings. The van der Waals surface area contributed by atoms with Crippen molar-refractivity contribution in [2.75, 3.05) is 26.3 Å². The van der Waals surface area contributed by atoms with Gasteiger partial charge >= 0.3 is 5.97 Å². The standard InChI is InChI=1S/C23H36N2O5S/c1-6-9-15(4)24(12-7-2)20(28)18-23-11-10-22(5,31-23)17(21(29)30-8-3)16(23)19(27)25(18)13-14-26/h7,15-18,26H,2,6,8-14H2,1,3-5H3/t15?,16-,17+,18?,22-,23?/m0/s1. The highest BCUT2D eigenvalue weighted by Gasteiger charge is 2.77.